The van der Waals surface area contributed by atoms with Gasteiger partial charge in [0, 0.05) is 12.6 Å². The normalized spacial score (nSPS) is 15.7. The number of hydrogen-bond acceptors (Lipinski definition) is 5. The summed E-state index contributed by atoms with van der Waals surface area (Å²) in [6.45, 7) is 2.70. The van der Waals surface area contributed by atoms with Crippen LogP contribution in [-0.4, -0.2) is 27.5 Å². The van der Waals surface area contributed by atoms with Gasteiger partial charge in [0.1, 0.15) is 0 Å². The van der Waals surface area contributed by atoms with Crippen LogP contribution >= 0.6 is 0 Å². The van der Waals surface area contributed by atoms with Crippen LogP contribution in [0.15, 0.2) is 12.1 Å². The minimum absolute atomic E-state index is 0.0391. The first-order valence-corrected chi connectivity index (χ1v) is 6.60. The van der Waals surface area contributed by atoms with Gasteiger partial charge in [-0.1, -0.05) is 13.3 Å². The Balaban J connectivity index is 2.17. The second-order valence-corrected chi connectivity index (χ2v) is 5.23. The zero-order chi connectivity index (χ0) is 14.8. The van der Waals surface area contributed by atoms with Crippen LogP contribution in [-0.2, 0) is 0 Å². The van der Waals surface area contributed by atoms with E-state index in [1.54, 1.807) is 0 Å². The molecule has 7 heteroatoms. The molecule has 1 aromatic heterocycles. The lowest BCUT2D eigenvalue weighted by molar-refractivity contribution is -0.384. The number of aromatic nitrogens is 1. The van der Waals surface area contributed by atoms with Crippen LogP contribution in [0.5, 0.6) is 0 Å². The second kappa shape index (κ2) is 5.44. The zero-order valence-corrected chi connectivity index (χ0v) is 11.3. The molecule has 1 heterocycles. The number of carbonyl (C=O) groups is 1. The van der Waals surface area contributed by atoms with E-state index in [0.717, 1.165) is 31.7 Å². The van der Waals surface area contributed by atoms with Crippen molar-refractivity contribution in [3.63, 3.8) is 0 Å². The standard InChI is InChI=1S/C13H17N3O4/c1-2-5-13(6-7-13)8-14-11-10(16(19)20)4-3-9(15-11)12(17)18/h3-4H,2,5-8H2,1H3,(H,14,15)(H,17,18). The largest absolute Gasteiger partial charge is 0.477 e. The maximum Gasteiger partial charge on any atom is 0.354 e. The minimum atomic E-state index is -1.20. The molecule has 1 fully saturated rings. The Hall–Kier alpha value is -2.18. The summed E-state index contributed by atoms with van der Waals surface area (Å²) in [6.07, 6.45) is 4.32. The highest BCUT2D eigenvalue weighted by atomic mass is 16.6. The summed E-state index contributed by atoms with van der Waals surface area (Å²) in [5.41, 5.74) is -0.190. The molecule has 0 spiro atoms. The molecule has 0 unspecified atom stereocenters. The molecule has 20 heavy (non-hydrogen) atoms. The fourth-order valence-corrected chi connectivity index (χ4v) is 2.34. The van der Waals surface area contributed by atoms with Crippen molar-refractivity contribution < 1.29 is 14.8 Å². The van der Waals surface area contributed by atoms with E-state index < -0.39 is 10.9 Å². The highest BCUT2D eigenvalue weighted by Crippen LogP contribution is 2.49. The van der Waals surface area contributed by atoms with E-state index in [1.807, 2.05) is 0 Å². The first-order chi connectivity index (χ1) is 9.47. The number of pyridine rings is 1. The summed E-state index contributed by atoms with van der Waals surface area (Å²) in [6, 6.07) is 2.32. The maximum atomic E-state index is 10.9. The van der Waals surface area contributed by atoms with Gasteiger partial charge >= 0.3 is 11.7 Å². The van der Waals surface area contributed by atoms with Crippen LogP contribution < -0.4 is 5.32 Å². The van der Waals surface area contributed by atoms with E-state index in [1.165, 1.54) is 6.07 Å². The first kappa shape index (κ1) is 14.2. The van der Waals surface area contributed by atoms with Crippen molar-refractivity contribution in [1.29, 1.82) is 0 Å². The Kier molecular flexibility index (Phi) is 3.87. The Morgan fingerprint density at radius 2 is 2.25 bits per heavy atom. The van der Waals surface area contributed by atoms with Crippen LogP contribution in [0.25, 0.3) is 0 Å². The van der Waals surface area contributed by atoms with Crippen molar-refractivity contribution in [3.8, 4) is 0 Å². The third-order valence-corrected chi connectivity index (χ3v) is 3.66. The molecule has 0 aliphatic heterocycles. The van der Waals surface area contributed by atoms with Crippen LogP contribution in [0, 0.1) is 15.5 Å². The third-order valence-electron chi connectivity index (χ3n) is 3.66. The van der Waals surface area contributed by atoms with E-state index >= 15 is 0 Å². The molecule has 0 amide bonds. The van der Waals surface area contributed by atoms with E-state index in [-0.39, 0.29) is 22.6 Å². The number of nitrogens with zero attached hydrogens (tertiary/aromatic N) is 2. The molecule has 108 valence electrons. The molecule has 2 N–H and O–H groups in total. The van der Waals surface area contributed by atoms with Crippen molar-refractivity contribution in [2.75, 3.05) is 11.9 Å². The molecule has 0 atom stereocenters. The number of carboxylic acid groups (broad SMARTS) is 1. The molecular weight excluding hydrogens is 262 g/mol. The van der Waals surface area contributed by atoms with Crippen LogP contribution in [0.4, 0.5) is 11.5 Å². The van der Waals surface area contributed by atoms with E-state index in [9.17, 15) is 14.9 Å². The SMILES string of the molecule is CCCC1(CNc2nc(C(=O)O)ccc2[N+](=O)[O-])CC1. The Bertz CT molecular complexity index is 540. The van der Waals surface area contributed by atoms with Crippen LogP contribution in [0.2, 0.25) is 0 Å². The zero-order valence-electron chi connectivity index (χ0n) is 11.3. The van der Waals surface area contributed by atoms with Gasteiger partial charge in [0.15, 0.2) is 5.69 Å². The number of hydrogen-bond donors (Lipinski definition) is 2. The van der Waals surface area contributed by atoms with Gasteiger partial charge in [-0.25, -0.2) is 9.78 Å². The van der Waals surface area contributed by atoms with Gasteiger partial charge in [0.05, 0.1) is 4.92 Å². The number of anilines is 1. The van der Waals surface area contributed by atoms with Crippen molar-refractivity contribution in [2.24, 2.45) is 5.41 Å². The van der Waals surface area contributed by atoms with Gasteiger partial charge in [-0.3, -0.25) is 10.1 Å². The van der Waals surface area contributed by atoms with Crippen molar-refractivity contribution in [2.45, 2.75) is 32.6 Å². The van der Waals surface area contributed by atoms with Gasteiger partial charge in [0.2, 0.25) is 5.82 Å². The topological polar surface area (TPSA) is 105 Å². The van der Waals surface area contributed by atoms with E-state index in [0.29, 0.717) is 6.54 Å². The smallest absolute Gasteiger partial charge is 0.354 e. The average Bonchev–Trinajstić information content (AvgIpc) is 3.16. The fraction of sp³-hybridized carbons (Fsp3) is 0.538. The molecule has 1 aromatic rings. The van der Waals surface area contributed by atoms with Crippen LogP contribution in [0.3, 0.4) is 0 Å². The fourth-order valence-electron chi connectivity index (χ4n) is 2.34. The summed E-state index contributed by atoms with van der Waals surface area (Å²) < 4.78 is 0. The number of nitro groups is 1. The Morgan fingerprint density at radius 3 is 2.75 bits per heavy atom. The summed E-state index contributed by atoms with van der Waals surface area (Å²) in [7, 11) is 0. The molecule has 0 aromatic carbocycles. The number of rotatable bonds is 7. The predicted octanol–water partition coefficient (Wildman–Crippen LogP) is 2.68. The number of aromatic carboxylic acids is 1. The van der Waals surface area contributed by atoms with Crippen molar-refractivity contribution in [1.82, 2.24) is 4.98 Å². The molecule has 1 aliphatic rings. The van der Waals surface area contributed by atoms with Gasteiger partial charge in [-0.15, -0.1) is 0 Å². The quantitative estimate of drug-likeness (QED) is 0.587. The van der Waals surface area contributed by atoms with E-state index in [2.05, 4.69) is 17.2 Å². The average molecular weight is 279 g/mol. The van der Waals surface area contributed by atoms with Crippen LogP contribution in [0.1, 0.15) is 43.1 Å². The van der Waals surface area contributed by atoms with Crippen molar-refractivity contribution >= 4 is 17.5 Å². The molecule has 1 saturated carbocycles. The summed E-state index contributed by atoms with van der Waals surface area (Å²) in [4.78, 5) is 25.1. The minimum Gasteiger partial charge on any atom is -0.477 e. The Labute approximate surface area is 116 Å². The van der Waals surface area contributed by atoms with Gasteiger partial charge in [-0.2, -0.15) is 0 Å². The molecule has 0 bridgehead atoms. The summed E-state index contributed by atoms with van der Waals surface area (Å²) in [5.74, 6) is -1.16. The number of carboxylic acids is 1. The summed E-state index contributed by atoms with van der Waals surface area (Å²) >= 11 is 0. The number of nitrogens with one attached hydrogen (secondary N) is 1. The lowest BCUT2D eigenvalue weighted by Crippen LogP contribution is -2.17. The highest BCUT2D eigenvalue weighted by molar-refractivity contribution is 5.86. The van der Waals surface area contributed by atoms with Crippen molar-refractivity contribution in [3.05, 3.63) is 27.9 Å². The maximum absolute atomic E-state index is 10.9. The molecule has 0 radical (unpaired) electrons. The van der Waals surface area contributed by atoms with Gasteiger partial charge in [-0.05, 0) is 30.7 Å². The first-order valence-electron chi connectivity index (χ1n) is 6.60. The summed E-state index contributed by atoms with van der Waals surface area (Å²) in [5, 5.41) is 22.8. The molecule has 2 rings (SSSR count). The third kappa shape index (κ3) is 3.04. The van der Waals surface area contributed by atoms with Gasteiger partial charge < -0.3 is 10.4 Å². The predicted molar refractivity (Wildman–Crippen MR) is 72.9 cm³/mol. The molecule has 7 nitrogen and oxygen atoms in total. The highest BCUT2D eigenvalue weighted by Gasteiger charge is 2.41. The van der Waals surface area contributed by atoms with E-state index in [4.69, 9.17) is 5.11 Å². The molecule has 0 saturated heterocycles. The van der Waals surface area contributed by atoms with Gasteiger partial charge in [0.25, 0.3) is 0 Å². The second-order valence-electron chi connectivity index (χ2n) is 5.23. The molecule has 1 aliphatic carbocycles. The lowest BCUT2D eigenvalue weighted by Gasteiger charge is -2.15. The Morgan fingerprint density at radius 1 is 1.55 bits per heavy atom. The lowest BCUT2D eigenvalue weighted by atomic mass is 10.0. The molecular formula is C13H17N3O4. The monoisotopic (exact) mass is 279 g/mol.